The maximum atomic E-state index is 12.5. The molecule has 40 heavy (non-hydrogen) atoms. The number of fused-ring (bicyclic) bond motifs is 5. The number of aliphatic hydroxyl groups is 2. The van der Waals surface area contributed by atoms with Gasteiger partial charge in [-0.2, -0.15) is 0 Å². The molecule has 1 aromatic rings. The summed E-state index contributed by atoms with van der Waals surface area (Å²) in [6.07, 6.45) is 6.27. The Morgan fingerprint density at radius 1 is 1.00 bits per heavy atom. The second kappa shape index (κ2) is 9.98. The third-order valence-electron chi connectivity index (χ3n) is 11.7. The van der Waals surface area contributed by atoms with Gasteiger partial charge in [-0.3, -0.25) is 0 Å². The van der Waals surface area contributed by atoms with Crippen molar-refractivity contribution < 1.29 is 38.8 Å². The monoisotopic (exact) mass is 552 g/mol. The predicted octanol–water partition coefficient (Wildman–Crippen LogP) is 3.87. The fourth-order valence-electron chi connectivity index (χ4n) is 9.44. The van der Waals surface area contributed by atoms with Crippen LogP contribution in [0, 0.1) is 34.5 Å². The second-order valence-electron chi connectivity index (χ2n) is 13.2. The highest BCUT2D eigenvalue weighted by atomic mass is 16.6. The van der Waals surface area contributed by atoms with Gasteiger partial charge in [-0.05, 0) is 91.6 Å². The molecule has 0 spiro atoms. The summed E-state index contributed by atoms with van der Waals surface area (Å²) < 4.78 is 16.0. The van der Waals surface area contributed by atoms with Crippen molar-refractivity contribution in [2.75, 3.05) is 6.61 Å². The molecule has 0 bridgehead atoms. The average Bonchev–Trinajstić information content (AvgIpc) is 3.49. The lowest BCUT2D eigenvalue weighted by molar-refractivity contribution is -0.245. The van der Waals surface area contributed by atoms with Crippen molar-refractivity contribution in [3.05, 3.63) is 47.5 Å². The molecule has 0 saturated heterocycles. The van der Waals surface area contributed by atoms with E-state index in [0.29, 0.717) is 25.7 Å². The van der Waals surface area contributed by atoms with Crippen LogP contribution < -0.4 is 0 Å². The van der Waals surface area contributed by atoms with Crippen molar-refractivity contribution in [3.8, 4) is 0 Å². The summed E-state index contributed by atoms with van der Waals surface area (Å²) in [4.78, 5) is 36.6. The summed E-state index contributed by atoms with van der Waals surface area (Å²) >= 11 is 0. The second-order valence-corrected chi connectivity index (χ2v) is 13.2. The summed E-state index contributed by atoms with van der Waals surface area (Å²) in [5.41, 5.74) is -0.167. The Hall–Kier alpha value is -2.71. The molecule has 0 aromatic heterocycles. The standard InChI is InChI=1S/C32H40O8/c1-30-12-10-22(40-29(36)28(35)39-17-19-6-4-3-5-7-19)15-21(30)8-9-24-25(30)16-26(33)31(2)23(11-13-32(24,31)37)20-14-27(34)38-18-20/h3-7,14,21-26,33,37H,8-13,15-18H2,1-2H3/t21-,22+,23-,24-,25+,26-,30+,31+,32+/m1/s1. The average molecular weight is 553 g/mol. The number of carbonyl (C=O) groups excluding carboxylic acids is 3. The highest BCUT2D eigenvalue weighted by Gasteiger charge is 2.70. The predicted molar refractivity (Wildman–Crippen MR) is 143 cm³/mol. The topological polar surface area (TPSA) is 119 Å². The fourth-order valence-corrected chi connectivity index (χ4v) is 9.44. The van der Waals surface area contributed by atoms with Crippen LogP contribution in [0.2, 0.25) is 0 Å². The maximum Gasteiger partial charge on any atom is 0.417 e. The van der Waals surface area contributed by atoms with Crippen molar-refractivity contribution in [1.82, 2.24) is 0 Å². The molecule has 1 aromatic carbocycles. The first kappa shape index (κ1) is 27.5. The van der Waals surface area contributed by atoms with E-state index < -0.39 is 29.1 Å². The van der Waals surface area contributed by atoms with Crippen molar-refractivity contribution in [1.29, 1.82) is 0 Å². The molecule has 9 atom stereocenters. The lowest BCUT2D eigenvalue weighted by atomic mass is 9.42. The van der Waals surface area contributed by atoms with Crippen LogP contribution in [0.4, 0.5) is 0 Å². The highest BCUT2D eigenvalue weighted by Crippen LogP contribution is 2.70. The Morgan fingerprint density at radius 2 is 1.77 bits per heavy atom. The molecular formula is C32H40O8. The van der Waals surface area contributed by atoms with E-state index in [1.165, 1.54) is 0 Å². The van der Waals surface area contributed by atoms with Crippen LogP contribution in [0.5, 0.6) is 0 Å². The minimum atomic E-state index is -1.02. The summed E-state index contributed by atoms with van der Waals surface area (Å²) in [5, 5.41) is 24.0. The van der Waals surface area contributed by atoms with Crippen molar-refractivity contribution in [2.45, 2.75) is 89.6 Å². The first-order valence-corrected chi connectivity index (χ1v) is 14.8. The lowest BCUT2D eigenvalue weighted by Gasteiger charge is -2.65. The molecule has 1 heterocycles. The Labute approximate surface area is 235 Å². The number of cyclic esters (lactones) is 1. The highest BCUT2D eigenvalue weighted by molar-refractivity contribution is 6.29. The number of ether oxygens (including phenoxy) is 3. The van der Waals surface area contributed by atoms with Crippen LogP contribution in [-0.2, 0) is 35.2 Å². The lowest BCUT2D eigenvalue weighted by Crippen LogP contribution is -2.67. The zero-order chi connectivity index (χ0) is 28.3. The van der Waals surface area contributed by atoms with Crippen molar-refractivity contribution >= 4 is 17.9 Å². The van der Waals surface area contributed by atoms with Crippen LogP contribution in [0.3, 0.4) is 0 Å². The first-order valence-electron chi connectivity index (χ1n) is 14.8. The zero-order valence-electron chi connectivity index (χ0n) is 23.3. The number of hydrogen-bond donors (Lipinski definition) is 2. The van der Waals surface area contributed by atoms with E-state index >= 15 is 0 Å². The fraction of sp³-hybridized carbons (Fsp3) is 0.656. The number of aliphatic hydroxyl groups excluding tert-OH is 1. The molecule has 8 nitrogen and oxygen atoms in total. The van der Waals surface area contributed by atoms with Crippen LogP contribution in [0.15, 0.2) is 42.0 Å². The number of rotatable bonds is 4. The smallest absolute Gasteiger partial charge is 0.417 e. The van der Waals surface area contributed by atoms with E-state index in [1.54, 1.807) is 6.08 Å². The van der Waals surface area contributed by atoms with Crippen molar-refractivity contribution in [2.24, 2.45) is 34.5 Å². The van der Waals surface area contributed by atoms with Gasteiger partial charge in [0, 0.05) is 11.5 Å². The SMILES string of the molecule is C[C@]12CC[C@H](OC(=O)C(=O)OCc3ccccc3)C[C@H]1CC[C@@H]1[C@@H]2C[C@@H](O)[C@]2(C)[C@@H](C3=CC(=O)OC3)CC[C@]12O. The molecule has 4 saturated carbocycles. The molecule has 4 aliphatic carbocycles. The van der Waals surface area contributed by atoms with Gasteiger partial charge < -0.3 is 24.4 Å². The van der Waals surface area contributed by atoms with E-state index in [2.05, 4.69) is 6.92 Å². The summed E-state index contributed by atoms with van der Waals surface area (Å²) in [5.74, 6) is -1.88. The van der Waals surface area contributed by atoms with E-state index in [-0.39, 0.29) is 54.4 Å². The van der Waals surface area contributed by atoms with Crippen LogP contribution in [0.1, 0.15) is 70.8 Å². The van der Waals surface area contributed by atoms with Gasteiger partial charge in [0.15, 0.2) is 0 Å². The molecule has 216 valence electrons. The molecule has 1 aliphatic heterocycles. The van der Waals surface area contributed by atoms with Gasteiger partial charge in [0.25, 0.3) is 0 Å². The number of hydrogen-bond acceptors (Lipinski definition) is 8. The first-order chi connectivity index (χ1) is 19.1. The van der Waals surface area contributed by atoms with Crippen LogP contribution >= 0.6 is 0 Å². The van der Waals surface area contributed by atoms with Gasteiger partial charge in [-0.1, -0.05) is 44.2 Å². The third-order valence-corrected chi connectivity index (χ3v) is 11.7. The Morgan fingerprint density at radius 3 is 2.50 bits per heavy atom. The molecule has 2 N–H and O–H groups in total. The Kier molecular flexibility index (Phi) is 6.85. The Balaban J connectivity index is 1.12. The summed E-state index contributed by atoms with van der Waals surface area (Å²) in [6, 6.07) is 9.20. The number of carbonyl (C=O) groups is 3. The molecular weight excluding hydrogens is 512 g/mol. The van der Waals surface area contributed by atoms with E-state index in [9.17, 15) is 24.6 Å². The molecule has 8 heteroatoms. The molecule has 0 unspecified atom stereocenters. The van der Waals surface area contributed by atoms with E-state index in [0.717, 1.165) is 36.8 Å². The minimum Gasteiger partial charge on any atom is -0.458 e. The quantitative estimate of drug-likeness (QED) is 0.328. The molecule has 5 aliphatic rings. The third kappa shape index (κ3) is 4.21. The largest absolute Gasteiger partial charge is 0.458 e. The molecule has 0 radical (unpaired) electrons. The van der Waals surface area contributed by atoms with Gasteiger partial charge in [-0.15, -0.1) is 0 Å². The summed E-state index contributed by atoms with van der Waals surface area (Å²) in [7, 11) is 0. The molecule has 0 amide bonds. The molecule has 6 rings (SSSR count). The zero-order valence-corrected chi connectivity index (χ0v) is 23.3. The normalized spacial score (nSPS) is 42.1. The van der Waals surface area contributed by atoms with Crippen LogP contribution in [0.25, 0.3) is 0 Å². The van der Waals surface area contributed by atoms with Crippen LogP contribution in [-0.4, -0.2) is 52.5 Å². The van der Waals surface area contributed by atoms with Gasteiger partial charge in [-0.25, -0.2) is 14.4 Å². The van der Waals surface area contributed by atoms with Gasteiger partial charge in [0.1, 0.15) is 19.3 Å². The van der Waals surface area contributed by atoms with E-state index in [4.69, 9.17) is 14.2 Å². The maximum absolute atomic E-state index is 12.5. The number of benzene rings is 1. The van der Waals surface area contributed by atoms with Gasteiger partial charge >= 0.3 is 17.9 Å². The van der Waals surface area contributed by atoms with Gasteiger partial charge in [0.2, 0.25) is 0 Å². The number of esters is 3. The Bertz CT molecular complexity index is 1210. The minimum absolute atomic E-state index is 0.0227. The molecule has 4 fully saturated rings. The summed E-state index contributed by atoms with van der Waals surface area (Å²) in [6.45, 7) is 4.55. The van der Waals surface area contributed by atoms with Gasteiger partial charge in [0.05, 0.1) is 11.7 Å². The van der Waals surface area contributed by atoms with Crippen molar-refractivity contribution in [3.63, 3.8) is 0 Å². The van der Waals surface area contributed by atoms with E-state index in [1.807, 2.05) is 37.3 Å².